The van der Waals surface area contributed by atoms with E-state index in [9.17, 15) is 4.79 Å². The van der Waals surface area contributed by atoms with E-state index in [1.807, 2.05) is 30.3 Å². The zero-order valence-electron chi connectivity index (χ0n) is 19.0. The first kappa shape index (κ1) is 24.1. The van der Waals surface area contributed by atoms with E-state index in [1.165, 1.54) is 10.3 Å². The summed E-state index contributed by atoms with van der Waals surface area (Å²) in [6, 6.07) is 11.8. The summed E-state index contributed by atoms with van der Waals surface area (Å²) in [6.45, 7) is 7.48. The Kier molecular flexibility index (Phi) is 8.35. The molecule has 0 spiro atoms. The third kappa shape index (κ3) is 6.32. The predicted molar refractivity (Wildman–Crippen MR) is 139 cm³/mol. The maximum Gasteiger partial charge on any atom is 0.220 e. The van der Waals surface area contributed by atoms with E-state index >= 15 is 0 Å². The lowest BCUT2D eigenvalue weighted by Crippen LogP contribution is -2.48. The number of piperazine rings is 1. The molecular weight excluding hydrogens is 476 g/mol. The highest BCUT2D eigenvalue weighted by molar-refractivity contribution is 7.99. The Labute approximate surface area is 208 Å². The number of nitrogens with zero attached hydrogens (tertiary/aromatic N) is 3. The van der Waals surface area contributed by atoms with Gasteiger partial charge in [0.05, 0.1) is 11.8 Å². The van der Waals surface area contributed by atoms with Gasteiger partial charge in [0.1, 0.15) is 11.3 Å². The SMILES string of the molecule is COc1ccc(C)c2sc(N3CCN(CCNC(=O)CCSc4ccc(Cl)cc4)CC3)nc12. The Morgan fingerprint density at radius 1 is 1.18 bits per heavy atom. The molecule has 0 atom stereocenters. The van der Waals surface area contributed by atoms with Crippen molar-refractivity contribution in [3.63, 3.8) is 0 Å². The number of ether oxygens (including phenoxy) is 1. The van der Waals surface area contributed by atoms with Crippen molar-refractivity contribution in [3.8, 4) is 5.75 Å². The highest BCUT2D eigenvalue weighted by atomic mass is 35.5. The Balaban J connectivity index is 1.17. The lowest BCUT2D eigenvalue weighted by molar-refractivity contribution is -0.120. The van der Waals surface area contributed by atoms with Crippen LogP contribution in [0, 0.1) is 6.92 Å². The van der Waals surface area contributed by atoms with Crippen LogP contribution in [0.1, 0.15) is 12.0 Å². The van der Waals surface area contributed by atoms with Crippen molar-refractivity contribution in [3.05, 3.63) is 47.0 Å². The molecule has 1 aromatic heterocycles. The number of thiazole rings is 1. The van der Waals surface area contributed by atoms with E-state index in [4.69, 9.17) is 21.3 Å². The van der Waals surface area contributed by atoms with Crippen LogP contribution >= 0.6 is 34.7 Å². The second-order valence-corrected chi connectivity index (χ2v) is 10.6. The lowest BCUT2D eigenvalue weighted by Gasteiger charge is -2.34. The largest absolute Gasteiger partial charge is 0.494 e. The number of aromatic nitrogens is 1. The van der Waals surface area contributed by atoms with Crippen LogP contribution in [-0.4, -0.2) is 67.9 Å². The van der Waals surface area contributed by atoms with E-state index in [2.05, 4.69) is 28.1 Å². The maximum atomic E-state index is 12.1. The molecule has 0 unspecified atom stereocenters. The van der Waals surface area contributed by atoms with Gasteiger partial charge in [-0.05, 0) is 42.8 Å². The van der Waals surface area contributed by atoms with Gasteiger partial charge in [0.15, 0.2) is 5.13 Å². The van der Waals surface area contributed by atoms with Crippen LogP contribution in [0.2, 0.25) is 5.02 Å². The molecule has 4 rings (SSSR count). The van der Waals surface area contributed by atoms with Gasteiger partial charge in [-0.15, -0.1) is 11.8 Å². The van der Waals surface area contributed by atoms with Gasteiger partial charge in [-0.1, -0.05) is 29.0 Å². The normalized spacial score (nSPS) is 14.6. The van der Waals surface area contributed by atoms with Crippen LogP contribution < -0.4 is 15.0 Å². The molecule has 33 heavy (non-hydrogen) atoms. The monoisotopic (exact) mass is 504 g/mol. The minimum Gasteiger partial charge on any atom is -0.494 e. The molecule has 0 saturated carbocycles. The lowest BCUT2D eigenvalue weighted by atomic mass is 10.2. The Bertz CT molecular complexity index is 1080. The molecule has 0 radical (unpaired) electrons. The summed E-state index contributed by atoms with van der Waals surface area (Å²) in [7, 11) is 1.69. The van der Waals surface area contributed by atoms with E-state index < -0.39 is 0 Å². The first-order valence-electron chi connectivity index (χ1n) is 11.1. The number of rotatable bonds is 9. The number of carbonyl (C=O) groups is 1. The number of methoxy groups -OCH3 is 1. The number of halogens is 1. The number of anilines is 1. The number of carbonyl (C=O) groups excluding carboxylic acids is 1. The summed E-state index contributed by atoms with van der Waals surface area (Å²) in [5.74, 6) is 1.70. The molecule has 2 aromatic carbocycles. The van der Waals surface area contributed by atoms with Crippen LogP contribution in [-0.2, 0) is 4.79 Å². The molecule has 1 fully saturated rings. The zero-order valence-corrected chi connectivity index (χ0v) is 21.4. The second-order valence-electron chi connectivity index (χ2n) is 7.99. The third-order valence-corrected chi connectivity index (χ3v) is 8.23. The standard InChI is InChI=1S/C24H29ClN4O2S2/c1-17-3-8-20(31-2)22-23(17)33-24(27-22)29-14-12-28(13-15-29)11-10-26-21(30)9-16-32-19-6-4-18(25)5-7-19/h3-8H,9-16H2,1-2H3,(H,26,30). The van der Waals surface area contributed by atoms with Gasteiger partial charge >= 0.3 is 0 Å². The van der Waals surface area contributed by atoms with Gasteiger partial charge in [-0.2, -0.15) is 0 Å². The minimum absolute atomic E-state index is 0.105. The molecule has 6 nitrogen and oxygen atoms in total. The quantitative estimate of drug-likeness (QED) is 0.427. The smallest absolute Gasteiger partial charge is 0.220 e. The Morgan fingerprint density at radius 3 is 2.67 bits per heavy atom. The van der Waals surface area contributed by atoms with Crippen molar-refractivity contribution in [2.45, 2.75) is 18.2 Å². The van der Waals surface area contributed by atoms with Crippen molar-refractivity contribution >= 4 is 56.0 Å². The Hall–Kier alpha value is -2.00. The van der Waals surface area contributed by atoms with Gasteiger partial charge in [0.25, 0.3) is 0 Å². The number of benzene rings is 2. The molecular formula is C24H29ClN4O2S2. The number of hydrogen-bond acceptors (Lipinski definition) is 7. The van der Waals surface area contributed by atoms with Crippen molar-refractivity contribution < 1.29 is 9.53 Å². The molecule has 3 aromatic rings. The van der Waals surface area contributed by atoms with Gasteiger partial charge < -0.3 is 15.0 Å². The second kappa shape index (κ2) is 11.4. The molecule has 0 bridgehead atoms. The first-order chi connectivity index (χ1) is 16.0. The van der Waals surface area contributed by atoms with E-state index in [0.717, 1.165) is 64.8 Å². The molecule has 9 heteroatoms. The number of amides is 1. The first-order valence-corrected chi connectivity index (χ1v) is 13.3. The molecule has 1 aliphatic rings. The molecule has 176 valence electrons. The van der Waals surface area contributed by atoms with E-state index in [0.29, 0.717) is 13.0 Å². The molecule has 1 saturated heterocycles. The van der Waals surface area contributed by atoms with Gasteiger partial charge in [0.2, 0.25) is 5.91 Å². The van der Waals surface area contributed by atoms with Gasteiger partial charge in [0, 0.05) is 61.4 Å². The maximum absolute atomic E-state index is 12.1. The van der Waals surface area contributed by atoms with Gasteiger partial charge in [-0.3, -0.25) is 9.69 Å². The molecule has 0 aliphatic carbocycles. The van der Waals surface area contributed by atoms with Crippen LogP contribution in [0.25, 0.3) is 10.2 Å². The molecule has 1 aliphatic heterocycles. The zero-order chi connectivity index (χ0) is 23.2. The summed E-state index contributed by atoms with van der Waals surface area (Å²) >= 11 is 9.32. The topological polar surface area (TPSA) is 57.7 Å². The average Bonchev–Trinajstić information content (AvgIpc) is 3.28. The van der Waals surface area contributed by atoms with Crippen molar-refractivity contribution in [1.29, 1.82) is 0 Å². The number of thioether (sulfide) groups is 1. The number of fused-ring (bicyclic) bond motifs is 1. The summed E-state index contributed by atoms with van der Waals surface area (Å²) in [5, 5.41) is 4.84. The predicted octanol–water partition coefficient (Wildman–Crippen LogP) is 4.69. The fraction of sp³-hybridized carbons (Fsp3) is 0.417. The fourth-order valence-electron chi connectivity index (χ4n) is 3.80. The summed E-state index contributed by atoms with van der Waals surface area (Å²) in [5.41, 5.74) is 2.19. The summed E-state index contributed by atoms with van der Waals surface area (Å²) < 4.78 is 6.69. The number of aryl methyl sites for hydroxylation is 1. The van der Waals surface area contributed by atoms with Crippen molar-refractivity contribution in [1.82, 2.24) is 15.2 Å². The van der Waals surface area contributed by atoms with Crippen molar-refractivity contribution in [2.75, 3.05) is 57.0 Å². The van der Waals surface area contributed by atoms with E-state index in [-0.39, 0.29) is 5.91 Å². The van der Waals surface area contributed by atoms with Crippen LogP contribution in [0.3, 0.4) is 0 Å². The van der Waals surface area contributed by atoms with Crippen LogP contribution in [0.5, 0.6) is 5.75 Å². The minimum atomic E-state index is 0.105. The fourth-order valence-corrected chi connectivity index (χ4v) is 5.88. The Morgan fingerprint density at radius 2 is 1.94 bits per heavy atom. The van der Waals surface area contributed by atoms with Gasteiger partial charge in [-0.25, -0.2) is 4.98 Å². The summed E-state index contributed by atoms with van der Waals surface area (Å²) in [6.07, 6.45) is 0.515. The molecule has 1 amide bonds. The highest BCUT2D eigenvalue weighted by Crippen LogP contribution is 2.36. The van der Waals surface area contributed by atoms with Crippen LogP contribution in [0.4, 0.5) is 5.13 Å². The van der Waals surface area contributed by atoms with E-state index in [1.54, 1.807) is 30.2 Å². The average molecular weight is 505 g/mol. The molecule has 1 N–H and O–H groups in total. The molecule has 2 heterocycles. The number of hydrogen-bond donors (Lipinski definition) is 1. The van der Waals surface area contributed by atoms with Crippen LogP contribution in [0.15, 0.2) is 41.3 Å². The number of nitrogens with one attached hydrogen (secondary N) is 1. The highest BCUT2D eigenvalue weighted by Gasteiger charge is 2.21. The summed E-state index contributed by atoms with van der Waals surface area (Å²) in [4.78, 5) is 22.9. The van der Waals surface area contributed by atoms with Crippen molar-refractivity contribution in [2.24, 2.45) is 0 Å². The third-order valence-electron chi connectivity index (χ3n) is 5.72.